The van der Waals surface area contributed by atoms with Gasteiger partial charge in [-0.1, -0.05) is 13.8 Å². The van der Waals surface area contributed by atoms with Gasteiger partial charge in [0.15, 0.2) is 6.29 Å². The Morgan fingerprint density at radius 1 is 1.54 bits per heavy atom. The lowest BCUT2D eigenvalue weighted by molar-refractivity contribution is 0.111. The van der Waals surface area contributed by atoms with Crippen LogP contribution in [-0.4, -0.2) is 23.2 Å². The molecular weight excluding hydrogens is 168 g/mol. The van der Waals surface area contributed by atoms with Crippen molar-refractivity contribution >= 4 is 6.29 Å². The maximum absolute atomic E-state index is 10.8. The van der Waals surface area contributed by atoms with Gasteiger partial charge in [-0.05, 0) is 5.92 Å². The summed E-state index contributed by atoms with van der Waals surface area (Å²) in [5.41, 5.74) is 1.34. The van der Waals surface area contributed by atoms with Crippen molar-refractivity contribution in [2.24, 2.45) is 7.05 Å². The Labute approximate surface area is 77.5 Å². The maximum Gasteiger partial charge on any atom is 0.222 e. The van der Waals surface area contributed by atoms with Gasteiger partial charge in [-0.2, -0.15) is 5.10 Å². The van der Waals surface area contributed by atoms with Crippen molar-refractivity contribution in [3.63, 3.8) is 0 Å². The Morgan fingerprint density at radius 2 is 2.15 bits per heavy atom. The number of ether oxygens (including phenoxy) is 1. The zero-order valence-corrected chi connectivity index (χ0v) is 8.37. The van der Waals surface area contributed by atoms with Crippen LogP contribution in [0.1, 0.15) is 35.8 Å². The molecule has 0 radical (unpaired) electrons. The Bertz CT molecular complexity index is 316. The van der Waals surface area contributed by atoms with Crippen molar-refractivity contribution in [1.29, 1.82) is 0 Å². The third-order valence-corrected chi connectivity index (χ3v) is 1.92. The van der Waals surface area contributed by atoms with E-state index in [4.69, 9.17) is 4.74 Å². The molecule has 4 heteroatoms. The largest absolute Gasteiger partial charge is 0.481 e. The SMILES string of the molecule is COc1c(C=O)c(C(C)C)nn1C. The molecule has 13 heavy (non-hydrogen) atoms. The average molecular weight is 182 g/mol. The summed E-state index contributed by atoms with van der Waals surface area (Å²) in [5, 5.41) is 4.21. The first kappa shape index (κ1) is 9.77. The summed E-state index contributed by atoms with van der Waals surface area (Å²) in [4.78, 5) is 10.8. The second-order valence-electron chi connectivity index (χ2n) is 3.20. The molecule has 0 saturated carbocycles. The zero-order valence-electron chi connectivity index (χ0n) is 8.37. The molecule has 0 fully saturated rings. The van der Waals surface area contributed by atoms with Gasteiger partial charge in [-0.25, -0.2) is 4.68 Å². The Kier molecular flexibility index (Phi) is 2.70. The summed E-state index contributed by atoms with van der Waals surface area (Å²) in [5.74, 6) is 0.758. The monoisotopic (exact) mass is 182 g/mol. The quantitative estimate of drug-likeness (QED) is 0.663. The molecule has 1 rings (SSSR count). The van der Waals surface area contributed by atoms with Gasteiger partial charge in [0.2, 0.25) is 5.88 Å². The first-order chi connectivity index (χ1) is 6.11. The number of aryl methyl sites for hydroxylation is 1. The van der Waals surface area contributed by atoms with E-state index in [1.54, 1.807) is 11.7 Å². The van der Waals surface area contributed by atoms with Gasteiger partial charge in [0.05, 0.1) is 18.4 Å². The lowest BCUT2D eigenvalue weighted by Gasteiger charge is -2.00. The normalized spacial score (nSPS) is 10.5. The van der Waals surface area contributed by atoms with Crippen molar-refractivity contribution in [2.75, 3.05) is 7.11 Å². The number of aldehydes is 1. The van der Waals surface area contributed by atoms with Crippen molar-refractivity contribution < 1.29 is 9.53 Å². The molecule has 0 aliphatic heterocycles. The summed E-state index contributed by atoms with van der Waals surface area (Å²) in [6.07, 6.45) is 0.793. The van der Waals surface area contributed by atoms with Gasteiger partial charge in [0, 0.05) is 7.05 Å². The number of aromatic nitrogens is 2. The van der Waals surface area contributed by atoms with E-state index in [2.05, 4.69) is 5.10 Å². The molecule has 0 aliphatic rings. The number of rotatable bonds is 3. The van der Waals surface area contributed by atoms with Crippen LogP contribution in [0.4, 0.5) is 0 Å². The van der Waals surface area contributed by atoms with Gasteiger partial charge in [0.1, 0.15) is 0 Å². The van der Waals surface area contributed by atoms with Crippen molar-refractivity contribution in [3.8, 4) is 5.88 Å². The summed E-state index contributed by atoms with van der Waals surface area (Å²) >= 11 is 0. The van der Waals surface area contributed by atoms with Gasteiger partial charge in [-0.3, -0.25) is 4.79 Å². The van der Waals surface area contributed by atoms with Crippen LogP contribution in [0.5, 0.6) is 5.88 Å². The van der Waals surface area contributed by atoms with Gasteiger partial charge in [0.25, 0.3) is 0 Å². The van der Waals surface area contributed by atoms with Crippen LogP contribution in [0.2, 0.25) is 0 Å². The highest BCUT2D eigenvalue weighted by atomic mass is 16.5. The Hall–Kier alpha value is -1.32. The zero-order chi connectivity index (χ0) is 10.0. The predicted molar refractivity (Wildman–Crippen MR) is 49.2 cm³/mol. The van der Waals surface area contributed by atoms with Crippen LogP contribution in [0.25, 0.3) is 0 Å². The van der Waals surface area contributed by atoms with E-state index in [-0.39, 0.29) is 5.92 Å². The summed E-state index contributed by atoms with van der Waals surface area (Å²) < 4.78 is 6.65. The highest BCUT2D eigenvalue weighted by Gasteiger charge is 2.17. The van der Waals surface area contributed by atoms with E-state index in [1.807, 2.05) is 13.8 Å². The standard InChI is InChI=1S/C9H14N2O2/c1-6(2)8-7(5-12)9(13-4)11(3)10-8/h5-6H,1-4H3. The molecule has 0 aliphatic carbocycles. The topological polar surface area (TPSA) is 44.1 Å². The minimum absolute atomic E-state index is 0.232. The Morgan fingerprint density at radius 3 is 2.54 bits per heavy atom. The first-order valence-electron chi connectivity index (χ1n) is 4.17. The fourth-order valence-corrected chi connectivity index (χ4v) is 1.32. The van der Waals surface area contributed by atoms with E-state index >= 15 is 0 Å². The molecule has 72 valence electrons. The summed E-state index contributed by atoms with van der Waals surface area (Å²) in [6.45, 7) is 3.99. The molecule has 0 spiro atoms. The van der Waals surface area contributed by atoms with E-state index in [0.29, 0.717) is 11.4 Å². The molecule has 0 atom stereocenters. The van der Waals surface area contributed by atoms with E-state index in [0.717, 1.165) is 12.0 Å². The number of methoxy groups -OCH3 is 1. The third kappa shape index (κ3) is 1.56. The fourth-order valence-electron chi connectivity index (χ4n) is 1.32. The second-order valence-corrected chi connectivity index (χ2v) is 3.20. The van der Waals surface area contributed by atoms with Gasteiger partial charge >= 0.3 is 0 Å². The molecule has 0 unspecified atom stereocenters. The fraction of sp³-hybridized carbons (Fsp3) is 0.556. The molecule has 1 aromatic rings. The number of hydrogen-bond acceptors (Lipinski definition) is 3. The van der Waals surface area contributed by atoms with Crippen molar-refractivity contribution in [3.05, 3.63) is 11.3 Å². The number of carbonyl (C=O) groups excluding carboxylic acids is 1. The molecule has 0 amide bonds. The molecule has 0 aromatic carbocycles. The van der Waals surface area contributed by atoms with Crippen LogP contribution in [0.3, 0.4) is 0 Å². The summed E-state index contributed by atoms with van der Waals surface area (Å²) in [7, 11) is 3.30. The van der Waals surface area contributed by atoms with E-state index < -0.39 is 0 Å². The molecule has 0 N–H and O–H groups in total. The van der Waals surface area contributed by atoms with Crippen molar-refractivity contribution in [2.45, 2.75) is 19.8 Å². The van der Waals surface area contributed by atoms with Crippen LogP contribution in [0, 0.1) is 0 Å². The number of nitrogens with zero attached hydrogens (tertiary/aromatic N) is 2. The smallest absolute Gasteiger partial charge is 0.222 e. The predicted octanol–water partition coefficient (Wildman–Crippen LogP) is 1.36. The Balaban J connectivity index is 3.29. The third-order valence-electron chi connectivity index (χ3n) is 1.92. The minimum Gasteiger partial charge on any atom is -0.481 e. The molecular formula is C9H14N2O2. The van der Waals surface area contributed by atoms with Gasteiger partial charge in [-0.15, -0.1) is 0 Å². The average Bonchev–Trinajstić information content (AvgIpc) is 2.41. The minimum atomic E-state index is 0.232. The van der Waals surface area contributed by atoms with Crippen LogP contribution in [-0.2, 0) is 7.05 Å². The first-order valence-corrected chi connectivity index (χ1v) is 4.17. The lowest BCUT2D eigenvalue weighted by Crippen LogP contribution is -1.96. The van der Waals surface area contributed by atoms with Crippen molar-refractivity contribution in [1.82, 2.24) is 9.78 Å². The molecule has 1 heterocycles. The van der Waals surface area contributed by atoms with E-state index in [1.165, 1.54) is 7.11 Å². The molecule has 1 aromatic heterocycles. The molecule has 4 nitrogen and oxygen atoms in total. The molecule has 0 saturated heterocycles. The highest BCUT2D eigenvalue weighted by molar-refractivity contribution is 5.80. The van der Waals surface area contributed by atoms with Crippen LogP contribution >= 0.6 is 0 Å². The maximum atomic E-state index is 10.8. The van der Waals surface area contributed by atoms with Gasteiger partial charge < -0.3 is 4.74 Å². The number of carbonyl (C=O) groups is 1. The second kappa shape index (κ2) is 3.60. The highest BCUT2D eigenvalue weighted by Crippen LogP contribution is 2.24. The van der Waals surface area contributed by atoms with E-state index in [9.17, 15) is 4.79 Å². The number of hydrogen-bond donors (Lipinski definition) is 0. The lowest BCUT2D eigenvalue weighted by atomic mass is 10.1. The van der Waals surface area contributed by atoms with Crippen LogP contribution in [0.15, 0.2) is 0 Å². The summed E-state index contributed by atoms with van der Waals surface area (Å²) in [6, 6.07) is 0. The van der Waals surface area contributed by atoms with Crippen LogP contribution < -0.4 is 4.74 Å². The molecule has 0 bridgehead atoms.